The number of amides is 2. The Morgan fingerprint density at radius 1 is 1.36 bits per heavy atom. The number of nitrogens with zero attached hydrogens (tertiary/aromatic N) is 2. The van der Waals surface area contributed by atoms with E-state index >= 15 is 0 Å². The number of rotatable bonds is 2. The maximum Gasteiger partial charge on any atom is 0.239 e. The number of likely N-dealkylation sites (N-methyl/N-ethyl adjacent to an activating group) is 1. The third-order valence-corrected chi connectivity index (χ3v) is 4.48. The van der Waals surface area contributed by atoms with E-state index in [9.17, 15) is 9.59 Å². The standard InChI is InChI=1S/C16H18ClN3O2/c1-10(21)19-6-5-15-13(8-19)12-7-11(17)3-4-14(12)20(15)9-16(22)18-2/h3-4,7H,5-6,8-9H2,1-2H3,(H,18,22). The maximum absolute atomic E-state index is 11.8. The molecule has 1 aliphatic rings. The van der Waals surface area contributed by atoms with Crippen molar-refractivity contribution >= 4 is 34.3 Å². The van der Waals surface area contributed by atoms with Gasteiger partial charge in [0.15, 0.2) is 0 Å². The summed E-state index contributed by atoms with van der Waals surface area (Å²) in [6.07, 6.45) is 0.748. The van der Waals surface area contributed by atoms with Crippen molar-refractivity contribution in [2.24, 2.45) is 0 Å². The monoisotopic (exact) mass is 319 g/mol. The smallest absolute Gasteiger partial charge is 0.239 e. The molecule has 2 heterocycles. The number of hydrogen-bond acceptors (Lipinski definition) is 2. The van der Waals surface area contributed by atoms with Gasteiger partial charge in [0.1, 0.15) is 6.54 Å². The van der Waals surface area contributed by atoms with Crippen molar-refractivity contribution in [1.29, 1.82) is 0 Å². The molecule has 6 heteroatoms. The Bertz CT molecular complexity index is 766. The summed E-state index contributed by atoms with van der Waals surface area (Å²) >= 11 is 6.13. The molecule has 1 aliphatic heterocycles. The second-order valence-corrected chi connectivity index (χ2v) is 5.97. The minimum Gasteiger partial charge on any atom is -0.358 e. The van der Waals surface area contributed by atoms with Crippen LogP contribution in [-0.4, -0.2) is 34.9 Å². The highest BCUT2D eigenvalue weighted by Crippen LogP contribution is 2.32. The van der Waals surface area contributed by atoms with Crippen molar-refractivity contribution in [1.82, 2.24) is 14.8 Å². The molecular weight excluding hydrogens is 302 g/mol. The van der Waals surface area contributed by atoms with Gasteiger partial charge in [-0.3, -0.25) is 9.59 Å². The van der Waals surface area contributed by atoms with Gasteiger partial charge in [-0.2, -0.15) is 0 Å². The van der Waals surface area contributed by atoms with Gasteiger partial charge in [0.2, 0.25) is 11.8 Å². The first-order valence-corrected chi connectivity index (χ1v) is 7.64. The second-order valence-electron chi connectivity index (χ2n) is 5.54. The molecular formula is C16H18ClN3O2. The summed E-state index contributed by atoms with van der Waals surface area (Å²) in [5, 5.41) is 4.35. The number of fused-ring (bicyclic) bond motifs is 3. The fourth-order valence-electron chi connectivity index (χ4n) is 3.09. The van der Waals surface area contributed by atoms with Crippen LogP contribution in [0.2, 0.25) is 5.02 Å². The zero-order valence-corrected chi connectivity index (χ0v) is 13.4. The molecule has 0 spiro atoms. The first kappa shape index (κ1) is 14.9. The predicted octanol–water partition coefficient (Wildman–Crippen LogP) is 1.95. The molecule has 1 N–H and O–H groups in total. The lowest BCUT2D eigenvalue weighted by Gasteiger charge is -2.27. The van der Waals surface area contributed by atoms with Gasteiger partial charge in [0.05, 0.1) is 0 Å². The van der Waals surface area contributed by atoms with Crippen molar-refractivity contribution < 1.29 is 9.59 Å². The number of hydrogen-bond donors (Lipinski definition) is 1. The summed E-state index contributed by atoms with van der Waals surface area (Å²) in [5.74, 6) is 0.0310. The average molecular weight is 320 g/mol. The van der Waals surface area contributed by atoms with E-state index in [1.807, 2.05) is 27.7 Å². The van der Waals surface area contributed by atoms with Gasteiger partial charge in [0, 0.05) is 60.7 Å². The van der Waals surface area contributed by atoms with E-state index < -0.39 is 0 Å². The maximum atomic E-state index is 11.8. The zero-order valence-electron chi connectivity index (χ0n) is 12.6. The van der Waals surface area contributed by atoms with Gasteiger partial charge in [-0.1, -0.05) is 11.6 Å². The van der Waals surface area contributed by atoms with E-state index in [1.54, 1.807) is 14.0 Å². The van der Waals surface area contributed by atoms with Crippen LogP contribution in [0, 0.1) is 0 Å². The quantitative estimate of drug-likeness (QED) is 0.920. The molecule has 2 amide bonds. The van der Waals surface area contributed by atoms with Crippen LogP contribution in [0.25, 0.3) is 10.9 Å². The lowest BCUT2D eigenvalue weighted by atomic mass is 10.0. The summed E-state index contributed by atoms with van der Waals surface area (Å²) in [5.41, 5.74) is 3.21. The Balaban J connectivity index is 2.16. The summed E-state index contributed by atoms with van der Waals surface area (Å²) in [6, 6.07) is 5.69. The van der Waals surface area contributed by atoms with Crippen molar-refractivity contribution in [3.05, 3.63) is 34.5 Å². The third kappa shape index (κ3) is 2.46. The fraction of sp³-hybridized carbons (Fsp3) is 0.375. The van der Waals surface area contributed by atoms with E-state index in [0.717, 1.165) is 28.6 Å². The molecule has 0 saturated carbocycles. The zero-order chi connectivity index (χ0) is 15.9. The SMILES string of the molecule is CNC(=O)Cn1c2c(c3cc(Cl)ccc31)CN(C(C)=O)CC2. The van der Waals surface area contributed by atoms with E-state index in [-0.39, 0.29) is 18.4 Å². The van der Waals surface area contributed by atoms with E-state index in [0.29, 0.717) is 18.1 Å². The molecule has 0 unspecified atom stereocenters. The topological polar surface area (TPSA) is 54.3 Å². The normalized spacial score (nSPS) is 14.0. The molecule has 0 bridgehead atoms. The molecule has 0 saturated heterocycles. The van der Waals surface area contributed by atoms with Crippen LogP contribution in [-0.2, 0) is 29.1 Å². The Morgan fingerprint density at radius 2 is 2.14 bits per heavy atom. The molecule has 0 atom stereocenters. The number of carbonyl (C=O) groups excluding carboxylic acids is 2. The highest BCUT2D eigenvalue weighted by atomic mass is 35.5. The van der Waals surface area contributed by atoms with Gasteiger partial charge in [0.25, 0.3) is 0 Å². The molecule has 22 heavy (non-hydrogen) atoms. The number of carbonyl (C=O) groups is 2. The predicted molar refractivity (Wildman–Crippen MR) is 85.8 cm³/mol. The highest BCUT2D eigenvalue weighted by molar-refractivity contribution is 6.31. The summed E-state index contributed by atoms with van der Waals surface area (Å²) < 4.78 is 2.04. The fourth-order valence-corrected chi connectivity index (χ4v) is 3.27. The summed E-state index contributed by atoms with van der Waals surface area (Å²) in [4.78, 5) is 25.3. The lowest BCUT2D eigenvalue weighted by molar-refractivity contribution is -0.129. The average Bonchev–Trinajstić information content (AvgIpc) is 2.80. The van der Waals surface area contributed by atoms with Crippen molar-refractivity contribution in [3.8, 4) is 0 Å². The molecule has 3 rings (SSSR count). The molecule has 116 valence electrons. The summed E-state index contributed by atoms with van der Waals surface area (Å²) in [7, 11) is 1.63. The number of aromatic nitrogens is 1. The minimum absolute atomic E-state index is 0.0383. The van der Waals surface area contributed by atoms with Crippen LogP contribution >= 0.6 is 11.6 Å². The number of halogens is 1. The van der Waals surface area contributed by atoms with E-state index in [1.165, 1.54) is 0 Å². The van der Waals surface area contributed by atoms with Crippen LogP contribution in [0.3, 0.4) is 0 Å². The lowest BCUT2D eigenvalue weighted by Crippen LogP contribution is -2.35. The van der Waals surface area contributed by atoms with E-state index in [2.05, 4.69) is 5.32 Å². The molecule has 5 nitrogen and oxygen atoms in total. The number of nitrogens with one attached hydrogen (secondary N) is 1. The van der Waals surface area contributed by atoms with Crippen LogP contribution < -0.4 is 5.32 Å². The third-order valence-electron chi connectivity index (χ3n) is 4.24. The first-order valence-electron chi connectivity index (χ1n) is 7.27. The van der Waals surface area contributed by atoms with Gasteiger partial charge >= 0.3 is 0 Å². The molecule has 0 radical (unpaired) electrons. The van der Waals surface area contributed by atoms with E-state index in [4.69, 9.17) is 11.6 Å². The molecule has 2 aromatic rings. The molecule has 0 aliphatic carbocycles. The van der Waals surface area contributed by atoms with Crippen LogP contribution in [0.1, 0.15) is 18.2 Å². The second kappa shape index (κ2) is 5.65. The minimum atomic E-state index is -0.0383. The van der Waals surface area contributed by atoms with Crippen molar-refractivity contribution in [2.45, 2.75) is 26.4 Å². The highest BCUT2D eigenvalue weighted by Gasteiger charge is 2.25. The van der Waals surface area contributed by atoms with Gasteiger partial charge in [-0.15, -0.1) is 0 Å². The Morgan fingerprint density at radius 3 is 2.82 bits per heavy atom. The van der Waals surface area contributed by atoms with Crippen LogP contribution in [0.15, 0.2) is 18.2 Å². The van der Waals surface area contributed by atoms with Gasteiger partial charge in [-0.25, -0.2) is 0 Å². The van der Waals surface area contributed by atoms with Crippen molar-refractivity contribution in [3.63, 3.8) is 0 Å². The molecule has 0 fully saturated rings. The van der Waals surface area contributed by atoms with Crippen molar-refractivity contribution in [2.75, 3.05) is 13.6 Å². The first-order chi connectivity index (χ1) is 10.5. The van der Waals surface area contributed by atoms with Crippen LogP contribution in [0.5, 0.6) is 0 Å². The largest absolute Gasteiger partial charge is 0.358 e. The number of benzene rings is 1. The van der Waals surface area contributed by atoms with Gasteiger partial charge < -0.3 is 14.8 Å². The molecule has 1 aromatic carbocycles. The Labute approximate surface area is 133 Å². The Kier molecular flexibility index (Phi) is 3.83. The Hall–Kier alpha value is -2.01. The van der Waals surface area contributed by atoms with Gasteiger partial charge in [-0.05, 0) is 18.2 Å². The summed E-state index contributed by atoms with van der Waals surface area (Å²) in [6.45, 7) is 3.12. The van der Waals surface area contributed by atoms with Crippen LogP contribution in [0.4, 0.5) is 0 Å². The molecule has 1 aromatic heterocycles.